The van der Waals surface area contributed by atoms with E-state index in [4.69, 9.17) is 5.26 Å². The van der Waals surface area contributed by atoms with Gasteiger partial charge in [-0.05, 0) is 32.6 Å². The van der Waals surface area contributed by atoms with E-state index >= 15 is 0 Å². The zero-order valence-corrected chi connectivity index (χ0v) is 10.9. The molecule has 1 aliphatic heterocycles. The number of nitrogens with zero attached hydrogens (tertiary/aromatic N) is 2. The first kappa shape index (κ1) is 13.6. The Bertz CT molecular complexity index is 333. The molecular weight excluding hydrogens is 214 g/mol. The summed E-state index contributed by atoms with van der Waals surface area (Å²) in [5.74, 6) is 0.468. The van der Waals surface area contributed by atoms with Crippen molar-refractivity contribution in [1.82, 2.24) is 10.2 Å². The third-order valence-corrected chi connectivity index (χ3v) is 2.91. The molecule has 1 rings (SSSR count). The van der Waals surface area contributed by atoms with Crippen LogP contribution in [0.25, 0.3) is 0 Å². The molecule has 0 aromatic heterocycles. The zero-order chi connectivity index (χ0) is 12.8. The summed E-state index contributed by atoms with van der Waals surface area (Å²) in [7, 11) is 0. The molecule has 1 saturated heterocycles. The molecule has 0 aromatic rings. The van der Waals surface area contributed by atoms with Crippen molar-refractivity contribution in [2.45, 2.75) is 39.7 Å². The summed E-state index contributed by atoms with van der Waals surface area (Å²) in [6.45, 7) is 7.87. The Balaban J connectivity index is 2.61. The van der Waals surface area contributed by atoms with E-state index in [0.717, 1.165) is 31.8 Å². The van der Waals surface area contributed by atoms with Crippen molar-refractivity contribution in [3.63, 3.8) is 0 Å². The molecule has 0 atom stereocenters. The summed E-state index contributed by atoms with van der Waals surface area (Å²) in [5, 5.41) is 11.7. The Kier molecular flexibility index (Phi) is 5.02. The molecule has 1 amide bonds. The van der Waals surface area contributed by atoms with Gasteiger partial charge in [0.05, 0.1) is 0 Å². The van der Waals surface area contributed by atoms with Crippen LogP contribution in [0.1, 0.15) is 33.6 Å². The lowest BCUT2D eigenvalue weighted by molar-refractivity contribution is -0.117. The van der Waals surface area contributed by atoms with Gasteiger partial charge in [-0.3, -0.25) is 4.79 Å². The number of carbonyl (C=O) groups excluding carboxylic acids is 1. The summed E-state index contributed by atoms with van der Waals surface area (Å²) in [4.78, 5) is 13.8. The van der Waals surface area contributed by atoms with Crippen molar-refractivity contribution in [1.29, 1.82) is 5.26 Å². The standard InChI is InChI=1S/C13H21N3O/c1-10(2)15-13(17)12(8-14)9-16-6-4-11(3)5-7-16/h9-11H,4-7H2,1-3H3,(H,15,17)/b12-9-. The largest absolute Gasteiger partial charge is 0.376 e. The quantitative estimate of drug-likeness (QED) is 0.598. The lowest BCUT2D eigenvalue weighted by Crippen LogP contribution is -2.33. The fraction of sp³-hybridized carbons (Fsp3) is 0.692. The van der Waals surface area contributed by atoms with Crippen LogP contribution in [-0.2, 0) is 4.79 Å². The number of likely N-dealkylation sites (tertiary alicyclic amines) is 1. The van der Waals surface area contributed by atoms with E-state index in [9.17, 15) is 4.79 Å². The number of amides is 1. The molecule has 1 fully saturated rings. The minimum Gasteiger partial charge on any atom is -0.376 e. The maximum Gasteiger partial charge on any atom is 0.263 e. The zero-order valence-electron chi connectivity index (χ0n) is 10.9. The van der Waals surface area contributed by atoms with Crippen molar-refractivity contribution < 1.29 is 4.79 Å². The molecule has 0 saturated carbocycles. The van der Waals surface area contributed by atoms with Crippen molar-refractivity contribution >= 4 is 5.91 Å². The van der Waals surface area contributed by atoms with Crippen LogP contribution in [0, 0.1) is 17.2 Å². The number of nitriles is 1. The van der Waals surface area contributed by atoms with Gasteiger partial charge in [0.1, 0.15) is 11.6 Å². The second-order valence-corrected chi connectivity index (χ2v) is 5.00. The SMILES string of the molecule is CC1CCN(/C=C(/C#N)C(=O)NC(C)C)CC1. The van der Waals surface area contributed by atoms with Gasteiger partial charge in [-0.1, -0.05) is 6.92 Å². The van der Waals surface area contributed by atoms with E-state index in [-0.39, 0.29) is 17.5 Å². The van der Waals surface area contributed by atoms with Gasteiger partial charge in [-0.2, -0.15) is 5.26 Å². The highest BCUT2D eigenvalue weighted by molar-refractivity contribution is 5.97. The Morgan fingerprint density at radius 1 is 1.47 bits per heavy atom. The van der Waals surface area contributed by atoms with Crippen LogP contribution in [0.15, 0.2) is 11.8 Å². The molecule has 0 bridgehead atoms. The minimum absolute atomic E-state index is 0.0561. The minimum atomic E-state index is -0.277. The maximum atomic E-state index is 11.7. The summed E-state index contributed by atoms with van der Waals surface area (Å²) in [6, 6.07) is 2.03. The van der Waals surface area contributed by atoms with Crippen LogP contribution in [0.2, 0.25) is 0 Å². The van der Waals surface area contributed by atoms with Crippen LogP contribution in [0.5, 0.6) is 0 Å². The highest BCUT2D eigenvalue weighted by Gasteiger charge is 2.16. The van der Waals surface area contributed by atoms with Gasteiger partial charge in [0.25, 0.3) is 5.91 Å². The van der Waals surface area contributed by atoms with Crippen LogP contribution < -0.4 is 5.32 Å². The van der Waals surface area contributed by atoms with Crippen LogP contribution in [-0.4, -0.2) is 29.9 Å². The summed E-state index contributed by atoms with van der Waals surface area (Å²) < 4.78 is 0. The van der Waals surface area contributed by atoms with E-state index in [1.807, 2.05) is 19.9 Å². The van der Waals surface area contributed by atoms with Gasteiger partial charge < -0.3 is 10.2 Å². The number of rotatable bonds is 3. The van der Waals surface area contributed by atoms with Gasteiger partial charge in [-0.25, -0.2) is 0 Å². The number of nitrogens with one attached hydrogen (secondary N) is 1. The van der Waals surface area contributed by atoms with Crippen molar-refractivity contribution in [2.24, 2.45) is 5.92 Å². The van der Waals surface area contributed by atoms with Gasteiger partial charge in [0, 0.05) is 25.3 Å². The van der Waals surface area contributed by atoms with E-state index in [2.05, 4.69) is 17.1 Å². The summed E-state index contributed by atoms with van der Waals surface area (Å²) in [5.41, 5.74) is 0.202. The Hall–Kier alpha value is -1.50. The van der Waals surface area contributed by atoms with Crippen LogP contribution in [0.4, 0.5) is 0 Å². The molecule has 94 valence electrons. The predicted octanol–water partition coefficient (Wildman–Crippen LogP) is 1.65. The smallest absolute Gasteiger partial charge is 0.263 e. The molecule has 17 heavy (non-hydrogen) atoms. The molecule has 0 unspecified atom stereocenters. The molecule has 0 radical (unpaired) electrons. The van der Waals surface area contributed by atoms with Crippen molar-refractivity contribution in [2.75, 3.05) is 13.1 Å². The van der Waals surface area contributed by atoms with E-state index < -0.39 is 0 Å². The molecule has 1 N–H and O–H groups in total. The average molecular weight is 235 g/mol. The lowest BCUT2D eigenvalue weighted by Gasteiger charge is -2.29. The second-order valence-electron chi connectivity index (χ2n) is 5.00. The van der Waals surface area contributed by atoms with Gasteiger partial charge in [0.2, 0.25) is 0 Å². The number of hydrogen-bond donors (Lipinski definition) is 1. The fourth-order valence-corrected chi connectivity index (χ4v) is 1.82. The molecule has 0 aromatic carbocycles. The summed E-state index contributed by atoms with van der Waals surface area (Å²) >= 11 is 0. The number of hydrogen-bond acceptors (Lipinski definition) is 3. The highest BCUT2D eigenvalue weighted by Crippen LogP contribution is 2.16. The molecule has 0 spiro atoms. The molecular formula is C13H21N3O. The normalized spacial score (nSPS) is 18.1. The Labute approximate surface area is 103 Å². The average Bonchev–Trinajstić information content (AvgIpc) is 2.27. The molecule has 1 aliphatic rings. The monoisotopic (exact) mass is 235 g/mol. The van der Waals surface area contributed by atoms with E-state index in [1.165, 1.54) is 0 Å². The Morgan fingerprint density at radius 2 is 2.06 bits per heavy atom. The van der Waals surface area contributed by atoms with Gasteiger partial charge in [0.15, 0.2) is 0 Å². The molecule has 4 heteroatoms. The summed E-state index contributed by atoms with van der Waals surface area (Å²) in [6.07, 6.45) is 3.95. The van der Waals surface area contributed by atoms with Gasteiger partial charge in [-0.15, -0.1) is 0 Å². The van der Waals surface area contributed by atoms with E-state index in [1.54, 1.807) is 6.20 Å². The van der Waals surface area contributed by atoms with E-state index in [0.29, 0.717) is 0 Å². The topological polar surface area (TPSA) is 56.1 Å². The molecule has 1 heterocycles. The second kappa shape index (κ2) is 6.29. The van der Waals surface area contributed by atoms with Crippen LogP contribution >= 0.6 is 0 Å². The van der Waals surface area contributed by atoms with Gasteiger partial charge >= 0.3 is 0 Å². The Morgan fingerprint density at radius 3 is 2.53 bits per heavy atom. The highest BCUT2D eigenvalue weighted by atomic mass is 16.1. The fourth-order valence-electron chi connectivity index (χ4n) is 1.82. The third-order valence-electron chi connectivity index (χ3n) is 2.91. The third kappa shape index (κ3) is 4.48. The maximum absolute atomic E-state index is 11.7. The van der Waals surface area contributed by atoms with Crippen molar-refractivity contribution in [3.05, 3.63) is 11.8 Å². The van der Waals surface area contributed by atoms with Crippen molar-refractivity contribution in [3.8, 4) is 6.07 Å². The lowest BCUT2D eigenvalue weighted by atomic mass is 9.99. The number of piperidine rings is 1. The number of carbonyl (C=O) groups is 1. The first-order chi connectivity index (χ1) is 8.02. The first-order valence-electron chi connectivity index (χ1n) is 6.19. The molecule has 0 aliphatic carbocycles. The van der Waals surface area contributed by atoms with Crippen LogP contribution in [0.3, 0.4) is 0 Å². The first-order valence-corrected chi connectivity index (χ1v) is 6.19. The molecule has 4 nitrogen and oxygen atoms in total. The predicted molar refractivity (Wildman–Crippen MR) is 66.9 cm³/mol.